The van der Waals surface area contributed by atoms with E-state index in [1.807, 2.05) is 0 Å². The van der Waals surface area contributed by atoms with Crippen molar-refractivity contribution in [1.29, 1.82) is 0 Å². The fourth-order valence-corrected chi connectivity index (χ4v) is 3.23. The minimum absolute atomic E-state index is 0.163. The summed E-state index contributed by atoms with van der Waals surface area (Å²) in [7, 11) is 1.72. The van der Waals surface area contributed by atoms with E-state index in [0.29, 0.717) is 23.2 Å². The minimum Gasteiger partial charge on any atom is -0.371 e. The van der Waals surface area contributed by atoms with Gasteiger partial charge in [-0.05, 0) is 31.4 Å². The summed E-state index contributed by atoms with van der Waals surface area (Å²) in [5.74, 6) is 0.288. The van der Waals surface area contributed by atoms with Crippen LogP contribution in [0.5, 0.6) is 0 Å². The maximum absolute atomic E-state index is 12.2. The number of benzene rings is 1. The summed E-state index contributed by atoms with van der Waals surface area (Å²) in [5.41, 5.74) is 2.93. The molecule has 2 aromatic rings. The highest BCUT2D eigenvalue weighted by Gasteiger charge is 2.24. The third-order valence-electron chi connectivity index (χ3n) is 4.35. The standard InChI is InChI=1S/C17H21ClN4O/c1-12-3-5-14(6-4-12)22-8-7-13(11-22)9-19-17(23)16-15(18)10-20-21(16)2/h3-6,10,13H,7-9,11H2,1-2H3,(H,19,23)/t13-/m1/s1. The molecule has 0 aliphatic carbocycles. The molecule has 1 atom stereocenters. The Morgan fingerprint density at radius 1 is 1.39 bits per heavy atom. The van der Waals surface area contributed by atoms with Crippen LogP contribution in [0.25, 0.3) is 0 Å². The van der Waals surface area contributed by atoms with E-state index in [1.165, 1.54) is 22.1 Å². The average molecular weight is 333 g/mol. The smallest absolute Gasteiger partial charge is 0.271 e. The van der Waals surface area contributed by atoms with Crippen molar-refractivity contribution in [2.24, 2.45) is 13.0 Å². The predicted octanol–water partition coefficient (Wildman–Crippen LogP) is 2.64. The van der Waals surface area contributed by atoms with E-state index >= 15 is 0 Å². The summed E-state index contributed by atoms with van der Waals surface area (Å²) in [6, 6.07) is 8.58. The molecule has 0 spiro atoms. The van der Waals surface area contributed by atoms with Crippen LogP contribution in [0.15, 0.2) is 30.5 Å². The summed E-state index contributed by atoms with van der Waals surface area (Å²) in [5, 5.41) is 7.36. The van der Waals surface area contributed by atoms with Crippen molar-refractivity contribution in [2.75, 3.05) is 24.5 Å². The molecule has 1 fully saturated rings. The SMILES string of the molecule is Cc1ccc(N2CC[C@H](CNC(=O)c3c(Cl)cnn3C)C2)cc1. The Morgan fingerprint density at radius 2 is 2.13 bits per heavy atom. The van der Waals surface area contributed by atoms with Gasteiger partial charge in [0, 0.05) is 32.4 Å². The zero-order valence-corrected chi connectivity index (χ0v) is 14.2. The van der Waals surface area contributed by atoms with Crippen molar-refractivity contribution in [1.82, 2.24) is 15.1 Å². The van der Waals surface area contributed by atoms with Crippen LogP contribution in [0, 0.1) is 12.8 Å². The highest BCUT2D eigenvalue weighted by molar-refractivity contribution is 6.33. The average Bonchev–Trinajstić information content (AvgIpc) is 3.13. The highest BCUT2D eigenvalue weighted by Crippen LogP contribution is 2.24. The number of rotatable bonds is 4. The van der Waals surface area contributed by atoms with E-state index in [0.717, 1.165) is 19.5 Å². The second-order valence-corrected chi connectivity index (χ2v) is 6.52. The normalized spacial score (nSPS) is 17.5. The molecule has 1 aromatic heterocycles. The molecule has 1 amide bonds. The first-order valence-electron chi connectivity index (χ1n) is 7.82. The lowest BCUT2D eigenvalue weighted by Crippen LogP contribution is -2.32. The first-order valence-corrected chi connectivity index (χ1v) is 8.19. The lowest BCUT2D eigenvalue weighted by molar-refractivity contribution is 0.0939. The van der Waals surface area contributed by atoms with E-state index in [-0.39, 0.29) is 5.91 Å². The number of anilines is 1. The molecule has 3 rings (SSSR count). The second kappa shape index (κ2) is 6.62. The number of hydrogen-bond acceptors (Lipinski definition) is 3. The Bertz CT molecular complexity index is 676. The largest absolute Gasteiger partial charge is 0.371 e. The summed E-state index contributed by atoms with van der Waals surface area (Å²) in [6.45, 7) is 4.73. The Morgan fingerprint density at radius 3 is 2.78 bits per heavy atom. The molecule has 5 nitrogen and oxygen atoms in total. The van der Waals surface area contributed by atoms with Gasteiger partial charge in [0.05, 0.1) is 11.2 Å². The van der Waals surface area contributed by atoms with Crippen molar-refractivity contribution < 1.29 is 4.79 Å². The third-order valence-corrected chi connectivity index (χ3v) is 4.62. The van der Waals surface area contributed by atoms with Crippen LogP contribution in [0.4, 0.5) is 5.69 Å². The van der Waals surface area contributed by atoms with Crippen molar-refractivity contribution in [3.63, 3.8) is 0 Å². The van der Waals surface area contributed by atoms with Crippen LogP contribution in [0.3, 0.4) is 0 Å². The van der Waals surface area contributed by atoms with Gasteiger partial charge in [0.2, 0.25) is 0 Å². The molecular weight excluding hydrogens is 312 g/mol. The molecule has 1 saturated heterocycles. The summed E-state index contributed by atoms with van der Waals surface area (Å²) in [4.78, 5) is 14.6. The Kier molecular flexibility index (Phi) is 4.57. The molecule has 2 heterocycles. The number of halogens is 1. The summed E-state index contributed by atoms with van der Waals surface area (Å²) >= 11 is 6.00. The van der Waals surface area contributed by atoms with Crippen LogP contribution in [0.2, 0.25) is 5.02 Å². The van der Waals surface area contributed by atoms with Gasteiger partial charge in [-0.2, -0.15) is 5.10 Å². The molecule has 1 aliphatic rings. The summed E-state index contributed by atoms with van der Waals surface area (Å²) in [6.07, 6.45) is 2.57. The van der Waals surface area contributed by atoms with Crippen molar-refractivity contribution in [2.45, 2.75) is 13.3 Å². The molecule has 0 bridgehead atoms. The van der Waals surface area contributed by atoms with E-state index < -0.39 is 0 Å². The zero-order chi connectivity index (χ0) is 16.4. The topological polar surface area (TPSA) is 50.2 Å². The molecule has 6 heteroatoms. The first kappa shape index (κ1) is 15.9. The molecule has 0 saturated carbocycles. The van der Waals surface area contributed by atoms with Gasteiger partial charge in [-0.3, -0.25) is 9.48 Å². The number of aryl methyl sites for hydroxylation is 2. The number of amides is 1. The number of aromatic nitrogens is 2. The van der Waals surface area contributed by atoms with Gasteiger partial charge in [0.25, 0.3) is 5.91 Å². The predicted molar refractivity (Wildman–Crippen MR) is 92.1 cm³/mol. The van der Waals surface area contributed by atoms with E-state index in [4.69, 9.17) is 11.6 Å². The van der Waals surface area contributed by atoms with Crippen LogP contribution < -0.4 is 10.2 Å². The number of carbonyl (C=O) groups excluding carboxylic acids is 1. The van der Waals surface area contributed by atoms with E-state index in [9.17, 15) is 4.79 Å². The maximum atomic E-state index is 12.2. The van der Waals surface area contributed by atoms with Crippen molar-refractivity contribution in [3.8, 4) is 0 Å². The zero-order valence-electron chi connectivity index (χ0n) is 13.4. The Balaban J connectivity index is 1.54. The van der Waals surface area contributed by atoms with Crippen LogP contribution in [-0.2, 0) is 7.05 Å². The highest BCUT2D eigenvalue weighted by atomic mass is 35.5. The molecule has 0 unspecified atom stereocenters. The van der Waals surface area contributed by atoms with E-state index in [2.05, 4.69) is 46.5 Å². The Hall–Kier alpha value is -2.01. The van der Waals surface area contributed by atoms with Crippen LogP contribution >= 0.6 is 11.6 Å². The van der Waals surface area contributed by atoms with Gasteiger partial charge in [0.1, 0.15) is 5.69 Å². The molecular formula is C17H21ClN4O. The third kappa shape index (κ3) is 3.50. The lowest BCUT2D eigenvalue weighted by Gasteiger charge is -2.19. The van der Waals surface area contributed by atoms with Crippen molar-refractivity contribution in [3.05, 3.63) is 46.7 Å². The number of nitrogens with zero attached hydrogens (tertiary/aromatic N) is 3. The fraction of sp³-hybridized carbons (Fsp3) is 0.412. The molecule has 1 aliphatic heterocycles. The van der Waals surface area contributed by atoms with Gasteiger partial charge in [0.15, 0.2) is 0 Å². The lowest BCUT2D eigenvalue weighted by atomic mass is 10.1. The van der Waals surface area contributed by atoms with Gasteiger partial charge in [-0.1, -0.05) is 29.3 Å². The maximum Gasteiger partial charge on any atom is 0.271 e. The van der Waals surface area contributed by atoms with Crippen LogP contribution in [-0.4, -0.2) is 35.3 Å². The number of nitrogens with one attached hydrogen (secondary N) is 1. The Labute approximate surface area is 141 Å². The summed E-state index contributed by atoms with van der Waals surface area (Å²) < 4.78 is 1.50. The molecule has 0 radical (unpaired) electrons. The molecule has 23 heavy (non-hydrogen) atoms. The first-order chi connectivity index (χ1) is 11.0. The van der Waals surface area contributed by atoms with Gasteiger partial charge >= 0.3 is 0 Å². The molecule has 122 valence electrons. The van der Waals surface area contributed by atoms with Crippen molar-refractivity contribution >= 4 is 23.2 Å². The molecule has 1 N–H and O–H groups in total. The van der Waals surface area contributed by atoms with Gasteiger partial charge in [-0.15, -0.1) is 0 Å². The molecule has 1 aromatic carbocycles. The van der Waals surface area contributed by atoms with E-state index in [1.54, 1.807) is 7.05 Å². The number of carbonyl (C=O) groups is 1. The quantitative estimate of drug-likeness (QED) is 0.936. The van der Waals surface area contributed by atoms with Gasteiger partial charge in [-0.25, -0.2) is 0 Å². The second-order valence-electron chi connectivity index (χ2n) is 6.11. The number of hydrogen-bond donors (Lipinski definition) is 1. The minimum atomic E-state index is -0.163. The van der Waals surface area contributed by atoms with Gasteiger partial charge < -0.3 is 10.2 Å². The fourth-order valence-electron chi connectivity index (χ4n) is 2.98. The monoisotopic (exact) mass is 332 g/mol. The van der Waals surface area contributed by atoms with Crippen LogP contribution in [0.1, 0.15) is 22.5 Å².